The molecule has 0 saturated carbocycles. The molecule has 4 aromatic carbocycles. The van der Waals surface area contributed by atoms with Crippen molar-refractivity contribution in [1.82, 2.24) is 0 Å². The summed E-state index contributed by atoms with van der Waals surface area (Å²) in [5.74, 6) is -1.88. The fourth-order valence-corrected chi connectivity index (χ4v) is 4.14. The van der Waals surface area contributed by atoms with Crippen molar-refractivity contribution < 1.29 is 18.7 Å². The van der Waals surface area contributed by atoms with Gasteiger partial charge in [0.1, 0.15) is 11.2 Å². The van der Waals surface area contributed by atoms with Gasteiger partial charge < -0.3 is 14.4 Å². The Kier molecular flexibility index (Phi) is 4.44. The van der Waals surface area contributed by atoms with Crippen molar-refractivity contribution in [2.45, 2.75) is 0 Å². The summed E-state index contributed by atoms with van der Waals surface area (Å²) in [7, 11) is 3.81. The van der Waals surface area contributed by atoms with Crippen molar-refractivity contribution in [3.05, 3.63) is 88.3 Å². The molecule has 5 rings (SSSR count). The molecule has 0 spiro atoms. The molecule has 1 N–H and O–H groups in total. The summed E-state index contributed by atoms with van der Waals surface area (Å²) in [6.07, 6.45) is 0. The van der Waals surface area contributed by atoms with E-state index in [0.717, 1.165) is 11.1 Å². The van der Waals surface area contributed by atoms with E-state index in [1.54, 1.807) is 36.4 Å². The maximum absolute atomic E-state index is 14.6. The third-order valence-electron chi connectivity index (χ3n) is 5.71. The molecule has 158 valence electrons. The van der Waals surface area contributed by atoms with E-state index in [2.05, 4.69) is 0 Å². The quantitative estimate of drug-likeness (QED) is 0.297. The highest BCUT2D eigenvalue weighted by Gasteiger charge is 2.20. The normalized spacial score (nSPS) is 11.3. The summed E-state index contributed by atoms with van der Waals surface area (Å²) in [6, 6.07) is 18.4. The van der Waals surface area contributed by atoms with Crippen LogP contribution in [0.2, 0.25) is 0 Å². The van der Waals surface area contributed by atoms with E-state index in [1.165, 1.54) is 12.1 Å². The summed E-state index contributed by atoms with van der Waals surface area (Å²) < 4.78 is 20.8. The van der Waals surface area contributed by atoms with E-state index in [9.17, 15) is 19.1 Å². The van der Waals surface area contributed by atoms with Crippen LogP contribution < -0.4 is 10.3 Å². The van der Waals surface area contributed by atoms with Crippen LogP contribution in [0.4, 0.5) is 10.1 Å². The minimum Gasteiger partial charge on any atom is -0.478 e. The lowest BCUT2D eigenvalue weighted by molar-refractivity contribution is 0.0697. The number of anilines is 1. The molecule has 0 atom stereocenters. The van der Waals surface area contributed by atoms with E-state index < -0.39 is 17.2 Å². The fraction of sp³-hybridized carbons (Fsp3) is 0.0769. The number of benzene rings is 4. The molecular formula is C26H18FNO4. The minimum absolute atomic E-state index is 0.152. The average Bonchev–Trinajstić information content (AvgIpc) is 2.79. The first-order valence-electron chi connectivity index (χ1n) is 9.98. The molecule has 1 aromatic heterocycles. The molecule has 0 fully saturated rings. The predicted octanol–water partition coefficient (Wildman–Crippen LogP) is 5.67. The molecule has 0 unspecified atom stereocenters. The lowest BCUT2D eigenvalue weighted by Gasteiger charge is -2.17. The van der Waals surface area contributed by atoms with Crippen LogP contribution in [-0.2, 0) is 0 Å². The van der Waals surface area contributed by atoms with Gasteiger partial charge in [0.2, 0.25) is 5.43 Å². The molecule has 0 amide bonds. The Bertz CT molecular complexity index is 1620. The van der Waals surface area contributed by atoms with Gasteiger partial charge in [-0.15, -0.1) is 0 Å². The average molecular weight is 427 g/mol. The van der Waals surface area contributed by atoms with E-state index in [0.29, 0.717) is 33.1 Å². The number of hydrogen-bond acceptors (Lipinski definition) is 4. The van der Waals surface area contributed by atoms with Gasteiger partial charge in [-0.3, -0.25) is 4.79 Å². The Morgan fingerprint density at radius 2 is 1.59 bits per heavy atom. The molecule has 0 aliphatic carbocycles. The second-order valence-electron chi connectivity index (χ2n) is 7.82. The number of fused-ring (bicyclic) bond motifs is 4. The lowest BCUT2D eigenvalue weighted by Crippen LogP contribution is -2.08. The van der Waals surface area contributed by atoms with Crippen LogP contribution in [0, 0.1) is 5.82 Å². The van der Waals surface area contributed by atoms with E-state index in [4.69, 9.17) is 4.42 Å². The Labute approximate surface area is 181 Å². The highest BCUT2D eigenvalue weighted by molar-refractivity contribution is 6.17. The van der Waals surface area contributed by atoms with Gasteiger partial charge in [0, 0.05) is 53.0 Å². The molecule has 0 bridgehead atoms. The summed E-state index contributed by atoms with van der Waals surface area (Å²) >= 11 is 0. The molecule has 0 aliphatic heterocycles. The molecule has 6 heteroatoms. The van der Waals surface area contributed by atoms with Gasteiger partial charge in [-0.05, 0) is 42.0 Å². The van der Waals surface area contributed by atoms with Crippen molar-refractivity contribution in [1.29, 1.82) is 0 Å². The van der Waals surface area contributed by atoms with Crippen LogP contribution in [0.1, 0.15) is 10.4 Å². The second kappa shape index (κ2) is 7.20. The zero-order valence-electron chi connectivity index (χ0n) is 17.3. The molecule has 0 radical (unpaired) electrons. The van der Waals surface area contributed by atoms with Crippen LogP contribution in [0.25, 0.3) is 43.8 Å². The van der Waals surface area contributed by atoms with Gasteiger partial charge in [0.15, 0.2) is 5.82 Å². The number of hydrogen-bond donors (Lipinski definition) is 1. The molecule has 0 aliphatic rings. The summed E-state index contributed by atoms with van der Waals surface area (Å²) in [4.78, 5) is 25.8. The maximum Gasteiger partial charge on any atom is 0.336 e. The number of rotatable bonds is 3. The SMILES string of the molecule is CN(C)c1ccc2c(-c3ccccc3C(=O)O)c3ccc4c(F)c(=O)ccc4c3oc2c1. The van der Waals surface area contributed by atoms with E-state index in [1.807, 2.05) is 37.2 Å². The standard InChI is InChI=1S/C26H18FNO4/c1-28(2)14-7-8-19-22(13-14)32-25-17-11-12-21(29)24(27)16(17)9-10-20(25)23(19)15-5-3-4-6-18(15)26(30)31/h3-13H,1-2H3,(H,30,31). The maximum atomic E-state index is 14.6. The fourth-order valence-electron chi connectivity index (χ4n) is 4.14. The van der Waals surface area contributed by atoms with Gasteiger partial charge >= 0.3 is 5.97 Å². The first kappa shape index (κ1) is 19.8. The minimum atomic E-state index is -1.05. The van der Waals surface area contributed by atoms with Crippen molar-refractivity contribution in [2.24, 2.45) is 0 Å². The predicted molar refractivity (Wildman–Crippen MR) is 124 cm³/mol. The van der Waals surface area contributed by atoms with Crippen LogP contribution in [0.5, 0.6) is 0 Å². The number of halogens is 1. The first-order chi connectivity index (χ1) is 15.4. The van der Waals surface area contributed by atoms with Crippen LogP contribution in [0.3, 0.4) is 0 Å². The van der Waals surface area contributed by atoms with Crippen molar-refractivity contribution in [3.8, 4) is 11.1 Å². The number of aromatic carboxylic acids is 1. The molecular weight excluding hydrogens is 409 g/mol. The highest BCUT2D eigenvalue weighted by atomic mass is 19.1. The first-order valence-corrected chi connectivity index (χ1v) is 9.98. The Morgan fingerprint density at radius 1 is 0.906 bits per heavy atom. The van der Waals surface area contributed by atoms with Gasteiger partial charge in [-0.25, -0.2) is 9.18 Å². The zero-order chi connectivity index (χ0) is 22.6. The van der Waals surface area contributed by atoms with Gasteiger partial charge in [-0.1, -0.05) is 24.3 Å². The van der Waals surface area contributed by atoms with Crippen molar-refractivity contribution >= 4 is 44.4 Å². The van der Waals surface area contributed by atoms with Crippen LogP contribution in [-0.4, -0.2) is 25.2 Å². The Morgan fingerprint density at radius 3 is 2.34 bits per heavy atom. The summed E-state index contributed by atoms with van der Waals surface area (Å²) in [6.45, 7) is 0. The Hall–Kier alpha value is -4.19. The van der Waals surface area contributed by atoms with E-state index >= 15 is 0 Å². The van der Waals surface area contributed by atoms with Gasteiger partial charge in [0.05, 0.1) is 5.56 Å². The van der Waals surface area contributed by atoms with Crippen molar-refractivity contribution in [2.75, 3.05) is 19.0 Å². The smallest absolute Gasteiger partial charge is 0.336 e. The largest absolute Gasteiger partial charge is 0.478 e. The molecule has 5 nitrogen and oxygen atoms in total. The number of carboxylic acids is 1. The van der Waals surface area contributed by atoms with Crippen molar-refractivity contribution in [3.63, 3.8) is 0 Å². The lowest BCUT2D eigenvalue weighted by atomic mass is 9.92. The second-order valence-corrected chi connectivity index (χ2v) is 7.82. The third kappa shape index (κ3) is 2.92. The monoisotopic (exact) mass is 427 g/mol. The summed E-state index contributed by atoms with van der Waals surface area (Å²) in [5.41, 5.74) is 2.48. The van der Waals surface area contributed by atoms with E-state index in [-0.39, 0.29) is 10.9 Å². The zero-order valence-corrected chi connectivity index (χ0v) is 17.3. The summed E-state index contributed by atoms with van der Waals surface area (Å²) in [5, 5.41) is 11.8. The highest BCUT2D eigenvalue weighted by Crippen LogP contribution is 2.41. The molecule has 0 saturated heterocycles. The third-order valence-corrected chi connectivity index (χ3v) is 5.71. The Balaban J connectivity index is 2.03. The number of carboxylic acid groups (broad SMARTS) is 1. The molecule has 5 aromatic rings. The van der Waals surface area contributed by atoms with Crippen LogP contribution in [0.15, 0.2) is 75.9 Å². The molecule has 32 heavy (non-hydrogen) atoms. The molecule has 1 heterocycles. The van der Waals surface area contributed by atoms with Gasteiger partial charge in [0.25, 0.3) is 0 Å². The van der Waals surface area contributed by atoms with Gasteiger partial charge in [-0.2, -0.15) is 0 Å². The number of carbonyl (C=O) groups is 1. The van der Waals surface area contributed by atoms with Crippen LogP contribution >= 0.6 is 0 Å². The number of nitrogens with zero attached hydrogens (tertiary/aromatic N) is 1. The topological polar surface area (TPSA) is 70.8 Å².